The van der Waals surface area contributed by atoms with Crippen LogP contribution in [0.1, 0.15) is 20.8 Å². The van der Waals surface area contributed by atoms with Gasteiger partial charge in [-0.05, 0) is 11.4 Å². The lowest BCUT2D eigenvalue weighted by atomic mass is 10.0. The lowest BCUT2D eigenvalue weighted by Crippen LogP contribution is -2.08. The first-order chi connectivity index (χ1) is 10.2. The molecule has 108 valence electrons. The lowest BCUT2D eigenvalue weighted by molar-refractivity contribution is -0.133. The number of ketones is 1. The molecule has 4 nitrogen and oxygen atoms in total. The molecule has 0 radical (unpaired) electrons. The summed E-state index contributed by atoms with van der Waals surface area (Å²) in [6, 6.07) is 10.6. The maximum atomic E-state index is 12.5. The molecule has 2 aromatic rings. The van der Waals surface area contributed by atoms with E-state index < -0.39 is 5.97 Å². The van der Waals surface area contributed by atoms with Crippen molar-refractivity contribution >= 4 is 28.7 Å². The molecule has 0 spiro atoms. The van der Waals surface area contributed by atoms with Gasteiger partial charge in [-0.2, -0.15) is 0 Å². The highest BCUT2D eigenvalue weighted by Crippen LogP contribution is 2.28. The monoisotopic (exact) mass is 302 g/mol. The molecule has 0 fully saturated rings. The Bertz CT molecular complexity index is 671. The zero-order valence-electron chi connectivity index (χ0n) is 11.7. The molecule has 0 saturated carbocycles. The van der Waals surface area contributed by atoms with Crippen LogP contribution in [-0.4, -0.2) is 26.0 Å². The highest BCUT2D eigenvalue weighted by atomic mass is 32.1. The van der Waals surface area contributed by atoms with E-state index in [0.29, 0.717) is 16.0 Å². The van der Waals surface area contributed by atoms with Gasteiger partial charge in [0.05, 0.1) is 25.4 Å². The van der Waals surface area contributed by atoms with Crippen molar-refractivity contribution in [3.8, 4) is 0 Å². The van der Waals surface area contributed by atoms with Crippen LogP contribution in [0, 0.1) is 0 Å². The molecule has 0 amide bonds. The topological polar surface area (TPSA) is 52.6 Å². The van der Waals surface area contributed by atoms with Crippen molar-refractivity contribution in [2.45, 2.75) is 0 Å². The summed E-state index contributed by atoms with van der Waals surface area (Å²) < 4.78 is 9.66. The van der Waals surface area contributed by atoms with Crippen LogP contribution in [-0.2, 0) is 14.3 Å². The van der Waals surface area contributed by atoms with E-state index in [1.54, 1.807) is 35.7 Å². The van der Waals surface area contributed by atoms with Gasteiger partial charge >= 0.3 is 5.97 Å². The van der Waals surface area contributed by atoms with E-state index in [1.807, 2.05) is 6.07 Å². The molecular formula is C16H14O4S. The number of rotatable bonds is 5. The summed E-state index contributed by atoms with van der Waals surface area (Å²) in [6.45, 7) is 0. The molecule has 1 heterocycles. The zero-order valence-corrected chi connectivity index (χ0v) is 12.5. The SMILES string of the molecule is CO/C=C(/C(=O)OC)c1ccsc1C(=O)c1ccccc1. The van der Waals surface area contributed by atoms with E-state index in [4.69, 9.17) is 9.47 Å². The van der Waals surface area contributed by atoms with Gasteiger partial charge in [-0.1, -0.05) is 30.3 Å². The molecule has 0 N–H and O–H groups in total. The minimum Gasteiger partial charge on any atom is -0.503 e. The number of ether oxygens (including phenoxy) is 2. The van der Waals surface area contributed by atoms with Crippen molar-refractivity contribution in [3.05, 3.63) is 64.0 Å². The summed E-state index contributed by atoms with van der Waals surface area (Å²) in [6.07, 6.45) is 1.29. The minimum absolute atomic E-state index is 0.133. The fourth-order valence-electron chi connectivity index (χ4n) is 1.87. The summed E-state index contributed by atoms with van der Waals surface area (Å²) in [4.78, 5) is 24.9. The number of carbonyl (C=O) groups excluding carboxylic acids is 2. The van der Waals surface area contributed by atoms with Crippen molar-refractivity contribution in [1.82, 2.24) is 0 Å². The van der Waals surface area contributed by atoms with Crippen molar-refractivity contribution < 1.29 is 19.1 Å². The largest absolute Gasteiger partial charge is 0.503 e. The molecule has 0 unspecified atom stereocenters. The maximum absolute atomic E-state index is 12.5. The number of hydrogen-bond donors (Lipinski definition) is 0. The zero-order chi connectivity index (χ0) is 15.2. The van der Waals surface area contributed by atoms with Crippen molar-refractivity contribution in [2.24, 2.45) is 0 Å². The van der Waals surface area contributed by atoms with Crippen LogP contribution in [0.3, 0.4) is 0 Å². The van der Waals surface area contributed by atoms with Gasteiger partial charge in [0.2, 0.25) is 5.78 Å². The van der Waals surface area contributed by atoms with E-state index in [2.05, 4.69) is 0 Å². The third-order valence-electron chi connectivity index (χ3n) is 2.84. The Balaban J connectivity index is 2.45. The normalized spacial score (nSPS) is 11.0. The Hall–Kier alpha value is -2.40. The predicted molar refractivity (Wildman–Crippen MR) is 81.2 cm³/mol. The molecule has 2 rings (SSSR count). The second kappa shape index (κ2) is 6.85. The molecule has 1 aromatic heterocycles. The highest BCUT2D eigenvalue weighted by molar-refractivity contribution is 7.12. The van der Waals surface area contributed by atoms with E-state index in [1.165, 1.54) is 31.8 Å². The summed E-state index contributed by atoms with van der Waals surface area (Å²) in [7, 11) is 2.73. The summed E-state index contributed by atoms with van der Waals surface area (Å²) >= 11 is 1.28. The molecule has 0 aliphatic heterocycles. The molecule has 0 saturated heterocycles. The fourth-order valence-corrected chi connectivity index (χ4v) is 2.74. The quantitative estimate of drug-likeness (QED) is 0.368. The average molecular weight is 302 g/mol. The third kappa shape index (κ3) is 3.20. The van der Waals surface area contributed by atoms with Crippen LogP contribution < -0.4 is 0 Å². The van der Waals surface area contributed by atoms with Gasteiger partial charge in [0.1, 0.15) is 5.57 Å². The van der Waals surface area contributed by atoms with E-state index in [-0.39, 0.29) is 11.4 Å². The van der Waals surface area contributed by atoms with Gasteiger partial charge in [0, 0.05) is 11.1 Å². The van der Waals surface area contributed by atoms with Gasteiger partial charge in [-0.25, -0.2) is 4.79 Å². The van der Waals surface area contributed by atoms with E-state index >= 15 is 0 Å². The predicted octanol–water partition coefficient (Wildman–Crippen LogP) is 3.14. The van der Waals surface area contributed by atoms with Crippen LogP contribution in [0.15, 0.2) is 48.0 Å². The van der Waals surface area contributed by atoms with Crippen LogP contribution in [0.2, 0.25) is 0 Å². The van der Waals surface area contributed by atoms with Crippen molar-refractivity contribution in [2.75, 3.05) is 14.2 Å². The fraction of sp³-hybridized carbons (Fsp3) is 0.125. The van der Waals surface area contributed by atoms with Gasteiger partial charge in [-0.15, -0.1) is 11.3 Å². The van der Waals surface area contributed by atoms with Crippen LogP contribution >= 0.6 is 11.3 Å². The number of carbonyl (C=O) groups is 2. The van der Waals surface area contributed by atoms with Crippen LogP contribution in [0.25, 0.3) is 5.57 Å². The Morgan fingerprint density at radius 2 is 1.81 bits per heavy atom. The molecule has 5 heteroatoms. The molecule has 21 heavy (non-hydrogen) atoms. The number of thiophene rings is 1. The second-order valence-corrected chi connectivity index (χ2v) is 5.03. The van der Waals surface area contributed by atoms with E-state index in [0.717, 1.165) is 0 Å². The number of benzene rings is 1. The molecule has 0 aliphatic rings. The molecule has 1 aromatic carbocycles. The Morgan fingerprint density at radius 1 is 1.10 bits per heavy atom. The molecule has 0 atom stereocenters. The molecular weight excluding hydrogens is 288 g/mol. The second-order valence-electron chi connectivity index (χ2n) is 4.12. The van der Waals surface area contributed by atoms with Crippen molar-refractivity contribution in [3.63, 3.8) is 0 Å². The highest BCUT2D eigenvalue weighted by Gasteiger charge is 2.22. The summed E-state index contributed by atoms with van der Waals surface area (Å²) in [5.74, 6) is -0.677. The Morgan fingerprint density at radius 3 is 2.43 bits per heavy atom. The first-order valence-electron chi connectivity index (χ1n) is 6.18. The average Bonchev–Trinajstić information content (AvgIpc) is 3.01. The van der Waals surface area contributed by atoms with Gasteiger partial charge in [0.25, 0.3) is 0 Å². The van der Waals surface area contributed by atoms with Gasteiger partial charge < -0.3 is 9.47 Å². The third-order valence-corrected chi connectivity index (χ3v) is 3.75. The standard InChI is InChI=1S/C16H14O4S/c1-19-10-13(16(18)20-2)12-8-9-21-15(12)14(17)11-6-4-3-5-7-11/h3-10H,1-2H3/b13-10+. The summed E-state index contributed by atoms with van der Waals surface area (Å²) in [5.41, 5.74) is 1.31. The minimum atomic E-state index is -0.544. The summed E-state index contributed by atoms with van der Waals surface area (Å²) in [5, 5.41) is 1.76. The Labute approximate surface area is 126 Å². The first kappa shape index (κ1) is 15.0. The Kier molecular flexibility index (Phi) is 4.90. The lowest BCUT2D eigenvalue weighted by Gasteiger charge is -2.06. The number of hydrogen-bond acceptors (Lipinski definition) is 5. The maximum Gasteiger partial charge on any atom is 0.341 e. The van der Waals surface area contributed by atoms with Crippen molar-refractivity contribution in [1.29, 1.82) is 0 Å². The number of methoxy groups -OCH3 is 2. The number of esters is 1. The van der Waals surface area contributed by atoms with Gasteiger partial charge in [-0.3, -0.25) is 4.79 Å². The van der Waals surface area contributed by atoms with Crippen LogP contribution in [0.5, 0.6) is 0 Å². The van der Waals surface area contributed by atoms with Crippen LogP contribution in [0.4, 0.5) is 0 Å². The van der Waals surface area contributed by atoms with E-state index in [9.17, 15) is 9.59 Å². The molecule has 0 aliphatic carbocycles. The molecule has 0 bridgehead atoms. The van der Waals surface area contributed by atoms with Gasteiger partial charge in [0.15, 0.2) is 0 Å². The first-order valence-corrected chi connectivity index (χ1v) is 7.06. The smallest absolute Gasteiger partial charge is 0.341 e.